The number of hydrogen-bond donors (Lipinski definition) is 0. The number of thioether (sulfide) groups is 1. The van der Waals surface area contributed by atoms with Crippen LogP contribution < -0.4 is 0 Å². The summed E-state index contributed by atoms with van der Waals surface area (Å²) in [6.07, 6.45) is 0. The van der Waals surface area contributed by atoms with Gasteiger partial charge in [-0.2, -0.15) is 0 Å². The van der Waals surface area contributed by atoms with Crippen LogP contribution in [0.15, 0.2) is 29.2 Å². The van der Waals surface area contributed by atoms with Gasteiger partial charge in [-0.3, -0.25) is 0 Å². The molecule has 0 aliphatic carbocycles. The largest absolute Gasteiger partial charge is 0.123 e. The first-order chi connectivity index (χ1) is 4.79. The predicted octanol–water partition coefficient (Wildman–Crippen LogP) is 2.99. The molecule has 0 heterocycles. The van der Waals surface area contributed by atoms with Crippen molar-refractivity contribution >= 4 is 11.8 Å². The van der Waals surface area contributed by atoms with Crippen molar-refractivity contribution in [2.45, 2.75) is 24.0 Å². The van der Waals surface area contributed by atoms with E-state index in [-0.39, 0.29) is 0 Å². The summed E-state index contributed by atoms with van der Waals surface area (Å²) in [5.74, 6) is 0. The van der Waals surface area contributed by atoms with Crippen LogP contribution in [0.25, 0.3) is 0 Å². The summed E-state index contributed by atoms with van der Waals surface area (Å²) < 4.78 is 0. The lowest BCUT2D eigenvalue weighted by Crippen LogP contribution is -1.84. The second kappa shape index (κ2) is 3.67. The van der Waals surface area contributed by atoms with Gasteiger partial charge in [0.1, 0.15) is 0 Å². The fourth-order valence-corrected chi connectivity index (χ4v) is 1.51. The monoisotopic (exact) mass is 151 g/mol. The quantitative estimate of drug-likeness (QED) is 0.585. The minimum absolute atomic E-state index is 0.652. The first-order valence-electron chi connectivity index (χ1n) is 3.42. The molecule has 1 rings (SSSR count). The van der Waals surface area contributed by atoms with Gasteiger partial charge in [0.15, 0.2) is 0 Å². The van der Waals surface area contributed by atoms with Gasteiger partial charge in [-0.1, -0.05) is 32.0 Å². The normalized spacial score (nSPS) is 10.3. The molecule has 0 saturated heterocycles. The van der Waals surface area contributed by atoms with Gasteiger partial charge in [0.2, 0.25) is 0 Å². The van der Waals surface area contributed by atoms with Crippen LogP contribution in [0, 0.1) is 6.07 Å². The Morgan fingerprint density at radius 3 is 2.70 bits per heavy atom. The third-order valence-electron chi connectivity index (χ3n) is 1.04. The van der Waals surface area contributed by atoms with E-state index < -0.39 is 0 Å². The summed E-state index contributed by atoms with van der Waals surface area (Å²) >= 11 is 1.84. The SMILES string of the molecule is CC(C)Sc1[c]cccc1. The molecule has 0 saturated carbocycles. The smallest absolute Gasteiger partial charge is 0.0153 e. The number of hydrogen-bond acceptors (Lipinski definition) is 1. The van der Waals surface area contributed by atoms with E-state index in [4.69, 9.17) is 0 Å². The van der Waals surface area contributed by atoms with E-state index in [1.165, 1.54) is 4.90 Å². The lowest BCUT2D eigenvalue weighted by molar-refractivity contribution is 1.11. The minimum Gasteiger partial charge on any atom is -0.123 e. The maximum atomic E-state index is 3.16. The lowest BCUT2D eigenvalue weighted by atomic mass is 10.4. The Balaban J connectivity index is 2.59. The van der Waals surface area contributed by atoms with Crippen molar-refractivity contribution in [2.75, 3.05) is 0 Å². The molecule has 1 aromatic carbocycles. The highest BCUT2D eigenvalue weighted by molar-refractivity contribution is 7.99. The molecule has 0 aromatic heterocycles. The van der Waals surface area contributed by atoms with Crippen LogP contribution in [0.2, 0.25) is 0 Å². The minimum atomic E-state index is 0.652. The Hall–Kier alpha value is -0.430. The summed E-state index contributed by atoms with van der Waals surface area (Å²) in [6.45, 7) is 4.37. The molecule has 1 heteroatoms. The fraction of sp³-hybridized carbons (Fsp3) is 0.333. The molecule has 0 unspecified atom stereocenters. The van der Waals surface area contributed by atoms with Crippen LogP contribution in [0.5, 0.6) is 0 Å². The molecule has 10 heavy (non-hydrogen) atoms. The highest BCUT2D eigenvalue weighted by Gasteiger charge is 1.94. The van der Waals surface area contributed by atoms with Gasteiger partial charge in [-0.25, -0.2) is 0 Å². The molecular formula is C9H11S. The molecule has 0 amide bonds. The fourth-order valence-electron chi connectivity index (χ4n) is 0.704. The van der Waals surface area contributed by atoms with E-state index in [1.807, 2.05) is 30.0 Å². The third-order valence-corrected chi connectivity index (χ3v) is 2.02. The zero-order valence-electron chi connectivity index (χ0n) is 6.29. The molecule has 0 bridgehead atoms. The second-order valence-corrected chi connectivity index (χ2v) is 4.01. The molecular weight excluding hydrogens is 140 g/mol. The van der Waals surface area contributed by atoms with Gasteiger partial charge < -0.3 is 0 Å². The lowest BCUT2D eigenvalue weighted by Gasteiger charge is -2.01. The van der Waals surface area contributed by atoms with E-state index in [0.717, 1.165) is 0 Å². The van der Waals surface area contributed by atoms with Crippen molar-refractivity contribution in [3.05, 3.63) is 30.3 Å². The average Bonchev–Trinajstić information content (AvgIpc) is 1.88. The molecule has 0 aliphatic heterocycles. The zero-order valence-corrected chi connectivity index (χ0v) is 7.11. The number of rotatable bonds is 2. The van der Waals surface area contributed by atoms with Crippen LogP contribution >= 0.6 is 11.8 Å². The van der Waals surface area contributed by atoms with E-state index in [0.29, 0.717) is 5.25 Å². The molecule has 0 aliphatic rings. The molecule has 0 spiro atoms. The Labute approximate surface area is 66.6 Å². The Morgan fingerprint density at radius 2 is 2.20 bits per heavy atom. The van der Waals surface area contributed by atoms with Crippen molar-refractivity contribution < 1.29 is 0 Å². The second-order valence-electron chi connectivity index (χ2n) is 2.39. The Morgan fingerprint density at radius 1 is 1.40 bits per heavy atom. The maximum absolute atomic E-state index is 3.16. The van der Waals surface area contributed by atoms with Crippen LogP contribution in [0.1, 0.15) is 13.8 Å². The molecule has 0 fully saturated rings. The molecule has 1 radical (unpaired) electrons. The molecule has 0 atom stereocenters. The zero-order chi connectivity index (χ0) is 7.40. The van der Waals surface area contributed by atoms with E-state index in [9.17, 15) is 0 Å². The van der Waals surface area contributed by atoms with Crippen molar-refractivity contribution in [1.82, 2.24) is 0 Å². The molecule has 1 aromatic rings. The Kier molecular flexibility index (Phi) is 2.82. The molecule has 53 valence electrons. The summed E-state index contributed by atoms with van der Waals surface area (Å²) in [5.41, 5.74) is 0. The first kappa shape index (κ1) is 7.67. The van der Waals surface area contributed by atoms with Crippen LogP contribution in [-0.2, 0) is 0 Å². The van der Waals surface area contributed by atoms with E-state index in [2.05, 4.69) is 26.0 Å². The van der Waals surface area contributed by atoms with Gasteiger partial charge in [-0.15, -0.1) is 11.8 Å². The van der Waals surface area contributed by atoms with Gasteiger partial charge in [0.25, 0.3) is 0 Å². The Bertz CT molecular complexity index is 179. The topological polar surface area (TPSA) is 0 Å². The number of benzene rings is 1. The summed E-state index contributed by atoms with van der Waals surface area (Å²) in [4.78, 5) is 1.23. The van der Waals surface area contributed by atoms with Crippen molar-refractivity contribution in [1.29, 1.82) is 0 Å². The van der Waals surface area contributed by atoms with Crippen molar-refractivity contribution in [2.24, 2.45) is 0 Å². The summed E-state index contributed by atoms with van der Waals surface area (Å²) in [6, 6.07) is 11.2. The highest BCUT2D eigenvalue weighted by atomic mass is 32.2. The average molecular weight is 151 g/mol. The summed E-state index contributed by atoms with van der Waals surface area (Å²) in [7, 11) is 0. The van der Waals surface area contributed by atoms with Crippen molar-refractivity contribution in [3.63, 3.8) is 0 Å². The van der Waals surface area contributed by atoms with Crippen LogP contribution in [0.3, 0.4) is 0 Å². The molecule has 0 nitrogen and oxygen atoms in total. The standard InChI is InChI=1S/C9H11S/c1-8(2)10-9-6-4-3-5-7-9/h3-6,8H,1-2H3. The summed E-state index contributed by atoms with van der Waals surface area (Å²) in [5, 5.41) is 0.652. The molecule has 0 N–H and O–H groups in total. The van der Waals surface area contributed by atoms with Gasteiger partial charge in [-0.05, 0) is 12.1 Å². The first-order valence-corrected chi connectivity index (χ1v) is 4.30. The van der Waals surface area contributed by atoms with E-state index >= 15 is 0 Å². The van der Waals surface area contributed by atoms with Crippen LogP contribution in [0.4, 0.5) is 0 Å². The van der Waals surface area contributed by atoms with Gasteiger partial charge in [0.05, 0.1) is 0 Å². The predicted molar refractivity (Wildman–Crippen MR) is 46.3 cm³/mol. The highest BCUT2D eigenvalue weighted by Crippen LogP contribution is 2.20. The van der Waals surface area contributed by atoms with Crippen molar-refractivity contribution in [3.8, 4) is 0 Å². The third kappa shape index (κ3) is 2.44. The van der Waals surface area contributed by atoms with E-state index in [1.54, 1.807) is 0 Å². The van der Waals surface area contributed by atoms with Crippen LogP contribution in [-0.4, -0.2) is 5.25 Å². The van der Waals surface area contributed by atoms with Gasteiger partial charge in [0, 0.05) is 10.1 Å². The maximum Gasteiger partial charge on any atom is 0.0153 e. The van der Waals surface area contributed by atoms with Gasteiger partial charge >= 0.3 is 0 Å².